The molecule has 0 saturated carbocycles. The second-order valence-electron chi connectivity index (χ2n) is 6.55. The number of anilines is 1. The molecule has 1 amide bonds. The fourth-order valence-corrected chi connectivity index (χ4v) is 3.96. The summed E-state index contributed by atoms with van der Waals surface area (Å²) in [5.74, 6) is -0.387. The first kappa shape index (κ1) is 18.8. The van der Waals surface area contributed by atoms with Crippen LogP contribution in [0.2, 0.25) is 0 Å². The van der Waals surface area contributed by atoms with E-state index in [9.17, 15) is 14.4 Å². The first-order valence-corrected chi connectivity index (χ1v) is 9.78. The smallest absolute Gasteiger partial charge is 0.262 e. The fraction of sp³-hybridized carbons (Fsp3) is 0.0909. The van der Waals surface area contributed by atoms with E-state index in [-0.39, 0.29) is 23.8 Å². The highest BCUT2D eigenvalue weighted by Gasteiger charge is 2.12. The molecule has 0 spiro atoms. The van der Waals surface area contributed by atoms with Gasteiger partial charge in [0.25, 0.3) is 5.56 Å². The number of Topliss-reactive ketones (excluding diaryl/α,β-unsaturated/α-hetero) is 1. The van der Waals surface area contributed by atoms with Crippen molar-refractivity contribution in [3.8, 4) is 10.4 Å². The molecule has 2 aromatic carbocycles. The Balaban J connectivity index is 1.54. The standard InChI is InChI=1S/C22H17N3O3S/c1-14(26)15-7-9-17(10-8-15)24-20(27)12-25-13-23-21-18(22(25)28)11-19(29-21)16-5-3-2-4-6-16/h2-11,13H,12H2,1H3,(H,24,27). The molecule has 2 aromatic heterocycles. The summed E-state index contributed by atoms with van der Waals surface area (Å²) in [4.78, 5) is 42.4. The minimum absolute atomic E-state index is 0.0422. The van der Waals surface area contributed by atoms with Crippen LogP contribution in [0.4, 0.5) is 5.69 Å². The number of fused-ring (bicyclic) bond motifs is 1. The Labute approximate surface area is 170 Å². The first-order valence-electron chi connectivity index (χ1n) is 8.96. The molecule has 0 bridgehead atoms. The number of carbonyl (C=O) groups is 2. The summed E-state index contributed by atoms with van der Waals surface area (Å²) in [5.41, 5.74) is 1.90. The first-order chi connectivity index (χ1) is 14.0. The van der Waals surface area contributed by atoms with Gasteiger partial charge in [-0.15, -0.1) is 11.3 Å². The third-order valence-electron chi connectivity index (χ3n) is 4.47. The van der Waals surface area contributed by atoms with E-state index < -0.39 is 0 Å². The summed E-state index contributed by atoms with van der Waals surface area (Å²) >= 11 is 1.45. The molecule has 0 fully saturated rings. The lowest BCUT2D eigenvalue weighted by molar-refractivity contribution is -0.116. The van der Waals surface area contributed by atoms with Crippen molar-refractivity contribution in [2.75, 3.05) is 5.32 Å². The van der Waals surface area contributed by atoms with E-state index in [1.165, 1.54) is 29.2 Å². The maximum absolute atomic E-state index is 12.8. The van der Waals surface area contributed by atoms with Gasteiger partial charge in [0, 0.05) is 16.1 Å². The second-order valence-corrected chi connectivity index (χ2v) is 7.59. The highest BCUT2D eigenvalue weighted by Crippen LogP contribution is 2.30. The third-order valence-corrected chi connectivity index (χ3v) is 5.56. The molecule has 29 heavy (non-hydrogen) atoms. The fourth-order valence-electron chi connectivity index (χ4n) is 2.96. The Morgan fingerprint density at radius 3 is 2.48 bits per heavy atom. The van der Waals surface area contributed by atoms with Crippen molar-refractivity contribution >= 4 is 38.9 Å². The van der Waals surface area contributed by atoms with Gasteiger partial charge in [0.05, 0.1) is 11.7 Å². The zero-order chi connectivity index (χ0) is 20.4. The van der Waals surface area contributed by atoms with Gasteiger partial charge in [-0.1, -0.05) is 30.3 Å². The molecule has 0 atom stereocenters. The molecule has 2 heterocycles. The molecule has 0 aliphatic heterocycles. The average molecular weight is 403 g/mol. The summed E-state index contributed by atoms with van der Waals surface area (Å²) in [6.07, 6.45) is 1.40. The van der Waals surface area contributed by atoms with Gasteiger partial charge in [0.1, 0.15) is 11.4 Å². The molecular weight excluding hydrogens is 386 g/mol. The predicted octanol–water partition coefficient (Wildman–Crippen LogP) is 3.97. The molecule has 144 valence electrons. The number of amides is 1. The molecular formula is C22H17N3O3S. The third kappa shape index (κ3) is 4.00. The number of nitrogens with zero attached hydrogens (tertiary/aromatic N) is 2. The van der Waals surface area contributed by atoms with Crippen LogP contribution in [0.3, 0.4) is 0 Å². The summed E-state index contributed by atoms with van der Waals surface area (Å²) in [7, 11) is 0. The Morgan fingerprint density at radius 1 is 1.07 bits per heavy atom. The summed E-state index contributed by atoms with van der Waals surface area (Å²) in [6, 6.07) is 18.2. The molecule has 4 rings (SSSR count). The van der Waals surface area contributed by atoms with Crippen molar-refractivity contribution in [1.82, 2.24) is 9.55 Å². The molecule has 1 N–H and O–H groups in total. The Bertz CT molecular complexity index is 1260. The van der Waals surface area contributed by atoms with Crippen molar-refractivity contribution < 1.29 is 9.59 Å². The minimum atomic E-state index is -0.345. The van der Waals surface area contributed by atoms with Crippen molar-refractivity contribution in [3.63, 3.8) is 0 Å². The van der Waals surface area contributed by atoms with Crippen LogP contribution in [-0.2, 0) is 11.3 Å². The van der Waals surface area contributed by atoms with Gasteiger partial charge in [0.2, 0.25) is 5.91 Å². The Hall–Kier alpha value is -3.58. The topological polar surface area (TPSA) is 81.1 Å². The average Bonchev–Trinajstić information content (AvgIpc) is 3.16. The van der Waals surface area contributed by atoms with Crippen LogP contribution in [0.5, 0.6) is 0 Å². The van der Waals surface area contributed by atoms with Crippen LogP contribution in [0.25, 0.3) is 20.7 Å². The number of ketones is 1. The zero-order valence-electron chi connectivity index (χ0n) is 15.6. The van der Waals surface area contributed by atoms with Crippen LogP contribution in [-0.4, -0.2) is 21.2 Å². The predicted molar refractivity (Wildman–Crippen MR) is 114 cm³/mol. The van der Waals surface area contributed by atoms with Gasteiger partial charge < -0.3 is 5.32 Å². The van der Waals surface area contributed by atoms with E-state index in [4.69, 9.17) is 0 Å². The Kier molecular flexibility index (Phi) is 5.05. The minimum Gasteiger partial charge on any atom is -0.325 e. The summed E-state index contributed by atoms with van der Waals surface area (Å²) in [5, 5.41) is 3.22. The van der Waals surface area contributed by atoms with E-state index in [1.807, 2.05) is 36.4 Å². The van der Waals surface area contributed by atoms with E-state index in [2.05, 4.69) is 10.3 Å². The van der Waals surface area contributed by atoms with E-state index in [0.29, 0.717) is 21.5 Å². The number of nitrogens with one attached hydrogen (secondary N) is 1. The van der Waals surface area contributed by atoms with Crippen LogP contribution >= 0.6 is 11.3 Å². The van der Waals surface area contributed by atoms with E-state index >= 15 is 0 Å². The van der Waals surface area contributed by atoms with E-state index in [0.717, 1.165) is 10.4 Å². The maximum atomic E-state index is 12.8. The van der Waals surface area contributed by atoms with Crippen molar-refractivity contribution in [1.29, 1.82) is 0 Å². The number of hydrogen-bond donors (Lipinski definition) is 1. The van der Waals surface area contributed by atoms with E-state index in [1.54, 1.807) is 24.3 Å². The maximum Gasteiger partial charge on any atom is 0.262 e. The molecule has 0 aliphatic rings. The van der Waals surface area contributed by atoms with Gasteiger partial charge in [-0.05, 0) is 42.8 Å². The Morgan fingerprint density at radius 2 is 1.79 bits per heavy atom. The molecule has 7 heteroatoms. The lowest BCUT2D eigenvalue weighted by Gasteiger charge is -2.07. The van der Waals surface area contributed by atoms with Gasteiger partial charge in [-0.2, -0.15) is 0 Å². The molecule has 4 aromatic rings. The molecule has 0 aliphatic carbocycles. The summed E-state index contributed by atoms with van der Waals surface area (Å²) < 4.78 is 1.29. The number of benzene rings is 2. The number of carbonyl (C=O) groups excluding carboxylic acids is 2. The van der Waals surface area contributed by atoms with Crippen LogP contribution in [0, 0.1) is 0 Å². The van der Waals surface area contributed by atoms with Crippen LogP contribution in [0.15, 0.2) is 71.8 Å². The number of thiophene rings is 1. The molecule has 0 saturated heterocycles. The second kappa shape index (κ2) is 7.81. The lowest BCUT2D eigenvalue weighted by Crippen LogP contribution is -2.27. The number of hydrogen-bond acceptors (Lipinski definition) is 5. The van der Waals surface area contributed by atoms with Gasteiger partial charge >= 0.3 is 0 Å². The van der Waals surface area contributed by atoms with Crippen LogP contribution < -0.4 is 10.9 Å². The van der Waals surface area contributed by atoms with Gasteiger partial charge in [-0.25, -0.2) is 4.98 Å². The number of aromatic nitrogens is 2. The normalized spacial score (nSPS) is 10.8. The van der Waals surface area contributed by atoms with Crippen molar-refractivity contribution in [3.05, 3.63) is 82.9 Å². The monoisotopic (exact) mass is 403 g/mol. The summed E-state index contributed by atoms with van der Waals surface area (Å²) in [6.45, 7) is 1.34. The van der Waals surface area contributed by atoms with Crippen molar-refractivity contribution in [2.45, 2.75) is 13.5 Å². The highest BCUT2D eigenvalue weighted by molar-refractivity contribution is 7.21. The van der Waals surface area contributed by atoms with Gasteiger partial charge in [-0.3, -0.25) is 19.0 Å². The molecule has 6 nitrogen and oxygen atoms in total. The SMILES string of the molecule is CC(=O)c1ccc(NC(=O)Cn2cnc3sc(-c4ccccc4)cc3c2=O)cc1. The zero-order valence-corrected chi connectivity index (χ0v) is 16.4. The largest absolute Gasteiger partial charge is 0.325 e. The number of rotatable bonds is 5. The molecule has 0 unspecified atom stereocenters. The van der Waals surface area contributed by atoms with Crippen molar-refractivity contribution in [2.24, 2.45) is 0 Å². The highest BCUT2D eigenvalue weighted by atomic mass is 32.1. The van der Waals surface area contributed by atoms with Gasteiger partial charge in [0.15, 0.2) is 5.78 Å². The molecule has 0 radical (unpaired) electrons. The van der Waals surface area contributed by atoms with Crippen LogP contribution in [0.1, 0.15) is 17.3 Å². The lowest BCUT2D eigenvalue weighted by atomic mass is 10.1. The quantitative estimate of drug-likeness (QED) is 0.511.